The maximum atomic E-state index is 13.0. The van der Waals surface area contributed by atoms with Gasteiger partial charge in [0.25, 0.3) is 0 Å². The lowest BCUT2D eigenvalue weighted by Gasteiger charge is -2.30. The molecule has 0 saturated carbocycles. The summed E-state index contributed by atoms with van der Waals surface area (Å²) in [6.45, 7) is 7.41. The zero-order chi connectivity index (χ0) is 21.8. The summed E-state index contributed by atoms with van der Waals surface area (Å²) in [5.41, 5.74) is 3.32. The van der Waals surface area contributed by atoms with Gasteiger partial charge in [0.15, 0.2) is 0 Å². The molecule has 2 rings (SSSR count). The second kappa shape index (κ2) is 9.31. The molecule has 0 radical (unpaired) electrons. The number of aryl methyl sites for hydroxylation is 2. The van der Waals surface area contributed by atoms with Gasteiger partial charge in [-0.3, -0.25) is 9.10 Å². The molecule has 29 heavy (non-hydrogen) atoms. The van der Waals surface area contributed by atoms with Gasteiger partial charge >= 0.3 is 0 Å². The van der Waals surface area contributed by atoms with Crippen molar-refractivity contribution in [3.8, 4) is 5.75 Å². The second-order valence-corrected chi connectivity index (χ2v) is 9.13. The van der Waals surface area contributed by atoms with Crippen LogP contribution in [-0.4, -0.2) is 33.7 Å². The third-order valence-electron chi connectivity index (χ3n) is 4.89. The molecular weight excluding hydrogens is 388 g/mol. The first-order valence-electron chi connectivity index (χ1n) is 9.59. The van der Waals surface area contributed by atoms with E-state index >= 15 is 0 Å². The van der Waals surface area contributed by atoms with E-state index in [9.17, 15) is 13.2 Å². The smallest absolute Gasteiger partial charge is 0.244 e. The van der Waals surface area contributed by atoms with Crippen LogP contribution in [0.2, 0.25) is 0 Å². The van der Waals surface area contributed by atoms with Crippen LogP contribution >= 0.6 is 0 Å². The van der Waals surface area contributed by atoms with Gasteiger partial charge in [-0.1, -0.05) is 31.2 Å². The minimum atomic E-state index is -3.65. The molecule has 0 unspecified atom stereocenters. The molecule has 2 atom stereocenters. The second-order valence-electron chi connectivity index (χ2n) is 7.27. The molecule has 0 aliphatic rings. The monoisotopic (exact) mass is 418 g/mol. The topological polar surface area (TPSA) is 75.7 Å². The molecule has 6 nitrogen and oxygen atoms in total. The van der Waals surface area contributed by atoms with Crippen molar-refractivity contribution in [1.82, 2.24) is 5.32 Å². The van der Waals surface area contributed by atoms with E-state index in [1.54, 1.807) is 32.2 Å². The molecule has 0 aromatic heterocycles. The average Bonchev–Trinajstić information content (AvgIpc) is 2.64. The largest absolute Gasteiger partial charge is 0.496 e. The summed E-state index contributed by atoms with van der Waals surface area (Å²) in [6.07, 6.45) is 1.79. The van der Waals surface area contributed by atoms with Gasteiger partial charge in [0.1, 0.15) is 11.8 Å². The number of methoxy groups -OCH3 is 1. The number of anilines is 1. The number of sulfonamides is 1. The molecule has 0 aliphatic carbocycles. The molecule has 0 spiro atoms. The summed E-state index contributed by atoms with van der Waals surface area (Å²) >= 11 is 0. The fraction of sp³-hybridized carbons (Fsp3) is 0.409. The third kappa shape index (κ3) is 5.50. The Morgan fingerprint density at radius 3 is 2.38 bits per heavy atom. The first-order valence-corrected chi connectivity index (χ1v) is 11.4. The van der Waals surface area contributed by atoms with Crippen LogP contribution < -0.4 is 14.4 Å². The SMILES string of the molecule is CC[C@H](NC(=O)[C@@H](C)N(c1cccc(C)c1)S(C)(=O)=O)c1ccc(OC)c(C)c1. The minimum absolute atomic E-state index is 0.228. The van der Waals surface area contributed by atoms with E-state index in [0.717, 1.165) is 28.7 Å². The molecule has 0 bridgehead atoms. The van der Waals surface area contributed by atoms with Crippen molar-refractivity contribution in [3.05, 3.63) is 59.2 Å². The fourth-order valence-electron chi connectivity index (χ4n) is 3.41. The Bertz CT molecular complexity index is 973. The van der Waals surface area contributed by atoms with E-state index < -0.39 is 16.1 Å². The number of benzene rings is 2. The lowest BCUT2D eigenvalue weighted by atomic mass is 10.0. The van der Waals surface area contributed by atoms with E-state index in [4.69, 9.17) is 4.74 Å². The Hall–Kier alpha value is -2.54. The first kappa shape index (κ1) is 22.7. The van der Waals surface area contributed by atoms with Crippen LogP contribution in [0.5, 0.6) is 5.75 Å². The molecule has 1 N–H and O–H groups in total. The van der Waals surface area contributed by atoms with E-state index in [-0.39, 0.29) is 11.9 Å². The van der Waals surface area contributed by atoms with Crippen LogP contribution in [0.3, 0.4) is 0 Å². The van der Waals surface area contributed by atoms with Crippen LogP contribution in [-0.2, 0) is 14.8 Å². The van der Waals surface area contributed by atoms with Crippen LogP contribution in [0.1, 0.15) is 43.0 Å². The first-order chi connectivity index (χ1) is 13.6. The van der Waals surface area contributed by atoms with Gasteiger partial charge in [-0.25, -0.2) is 8.42 Å². The van der Waals surface area contributed by atoms with Gasteiger partial charge in [-0.15, -0.1) is 0 Å². The van der Waals surface area contributed by atoms with Crippen LogP contribution in [0, 0.1) is 13.8 Å². The number of carbonyl (C=O) groups is 1. The Morgan fingerprint density at radius 1 is 1.17 bits per heavy atom. The van der Waals surface area contributed by atoms with Crippen molar-refractivity contribution in [2.45, 2.75) is 46.2 Å². The number of nitrogens with one attached hydrogen (secondary N) is 1. The summed E-state index contributed by atoms with van der Waals surface area (Å²) < 4.78 is 31.4. The number of amides is 1. The highest BCUT2D eigenvalue weighted by molar-refractivity contribution is 7.92. The van der Waals surface area contributed by atoms with Gasteiger partial charge in [-0.2, -0.15) is 0 Å². The highest BCUT2D eigenvalue weighted by Gasteiger charge is 2.30. The normalized spacial score (nSPS) is 13.4. The quantitative estimate of drug-likeness (QED) is 0.709. The maximum Gasteiger partial charge on any atom is 0.244 e. The third-order valence-corrected chi connectivity index (χ3v) is 6.13. The summed E-state index contributed by atoms with van der Waals surface area (Å²) in [5.74, 6) is 0.434. The minimum Gasteiger partial charge on any atom is -0.496 e. The Balaban J connectivity index is 2.29. The maximum absolute atomic E-state index is 13.0. The van der Waals surface area contributed by atoms with E-state index in [2.05, 4.69) is 5.32 Å². The highest BCUT2D eigenvalue weighted by Crippen LogP contribution is 2.26. The lowest BCUT2D eigenvalue weighted by Crippen LogP contribution is -2.48. The van der Waals surface area contributed by atoms with Gasteiger partial charge < -0.3 is 10.1 Å². The van der Waals surface area contributed by atoms with E-state index in [1.165, 1.54) is 4.31 Å². The molecular formula is C22H30N2O4S. The summed E-state index contributed by atoms with van der Waals surface area (Å²) in [6, 6.07) is 11.8. The van der Waals surface area contributed by atoms with Gasteiger partial charge in [0, 0.05) is 0 Å². The van der Waals surface area contributed by atoms with Gasteiger partial charge in [0.05, 0.1) is 25.1 Å². The van der Waals surface area contributed by atoms with Crippen molar-refractivity contribution >= 4 is 21.6 Å². The Morgan fingerprint density at radius 2 is 1.86 bits per heavy atom. The van der Waals surface area contributed by atoms with Crippen molar-refractivity contribution in [3.63, 3.8) is 0 Å². The Labute approximate surface area is 173 Å². The lowest BCUT2D eigenvalue weighted by molar-refractivity contribution is -0.122. The van der Waals surface area contributed by atoms with Crippen molar-refractivity contribution < 1.29 is 17.9 Å². The Kier molecular flexibility index (Phi) is 7.30. The number of hydrogen-bond donors (Lipinski definition) is 1. The van der Waals surface area contributed by atoms with E-state index in [1.807, 2.05) is 45.0 Å². The number of ether oxygens (including phenoxy) is 1. The van der Waals surface area contributed by atoms with Crippen molar-refractivity contribution in [2.75, 3.05) is 17.7 Å². The molecule has 2 aromatic carbocycles. The van der Waals surface area contributed by atoms with Crippen LogP contribution in [0.15, 0.2) is 42.5 Å². The average molecular weight is 419 g/mol. The summed E-state index contributed by atoms with van der Waals surface area (Å²) in [5, 5.41) is 3.00. The number of rotatable bonds is 8. The molecule has 0 aliphatic heterocycles. The molecule has 0 saturated heterocycles. The number of carbonyl (C=O) groups excluding carboxylic acids is 1. The van der Waals surface area contributed by atoms with Gasteiger partial charge in [-0.05, 0) is 62.1 Å². The zero-order valence-electron chi connectivity index (χ0n) is 17.9. The molecule has 2 aromatic rings. The van der Waals surface area contributed by atoms with E-state index in [0.29, 0.717) is 12.1 Å². The molecule has 0 heterocycles. The van der Waals surface area contributed by atoms with Gasteiger partial charge in [0.2, 0.25) is 15.9 Å². The van der Waals surface area contributed by atoms with Crippen LogP contribution in [0.4, 0.5) is 5.69 Å². The molecule has 0 fully saturated rings. The summed E-state index contributed by atoms with van der Waals surface area (Å²) in [7, 11) is -2.03. The zero-order valence-corrected chi connectivity index (χ0v) is 18.7. The predicted molar refractivity (Wildman–Crippen MR) is 117 cm³/mol. The highest BCUT2D eigenvalue weighted by atomic mass is 32.2. The fourth-order valence-corrected chi connectivity index (χ4v) is 4.57. The van der Waals surface area contributed by atoms with Crippen molar-refractivity contribution in [1.29, 1.82) is 0 Å². The molecule has 7 heteroatoms. The summed E-state index contributed by atoms with van der Waals surface area (Å²) in [4.78, 5) is 13.0. The standard InChI is InChI=1S/C22H30N2O4S/c1-7-20(18-11-12-21(28-5)16(3)14-18)23-22(25)17(4)24(29(6,26)27)19-10-8-9-15(2)13-19/h8-14,17,20H,7H2,1-6H3,(H,23,25)/t17-,20+/m1/s1. The number of nitrogens with zero attached hydrogens (tertiary/aromatic N) is 1. The predicted octanol–water partition coefficient (Wildman–Crippen LogP) is 3.73. The number of hydrogen-bond acceptors (Lipinski definition) is 4. The molecule has 158 valence electrons. The van der Waals surface area contributed by atoms with Crippen molar-refractivity contribution in [2.24, 2.45) is 0 Å². The molecule has 1 amide bonds. The van der Waals surface area contributed by atoms with Crippen LogP contribution in [0.25, 0.3) is 0 Å².